The van der Waals surface area contributed by atoms with Gasteiger partial charge in [0.2, 0.25) is 0 Å². The number of aryl methyl sites for hydroxylation is 3. The molecule has 0 atom stereocenters. The fourth-order valence-corrected chi connectivity index (χ4v) is 4.33. The van der Waals surface area contributed by atoms with Crippen molar-refractivity contribution in [1.82, 2.24) is 14.5 Å². The topological polar surface area (TPSA) is 123 Å². The number of carbonyl (C=O) groups excluding carboxylic acids is 1. The predicted molar refractivity (Wildman–Crippen MR) is 146 cm³/mol. The van der Waals surface area contributed by atoms with Crippen molar-refractivity contribution in [3.05, 3.63) is 65.0 Å². The summed E-state index contributed by atoms with van der Waals surface area (Å²) in [6, 6.07) is 13.6. The van der Waals surface area contributed by atoms with Gasteiger partial charge in [0, 0.05) is 56.9 Å². The van der Waals surface area contributed by atoms with Gasteiger partial charge in [-0.1, -0.05) is 37.6 Å². The molecular formula is C28H40N6O2. The van der Waals surface area contributed by atoms with E-state index in [1.165, 1.54) is 0 Å². The summed E-state index contributed by atoms with van der Waals surface area (Å²) >= 11 is 0. The lowest BCUT2D eigenvalue weighted by Gasteiger charge is -2.22. The van der Waals surface area contributed by atoms with Gasteiger partial charge < -0.3 is 25.7 Å². The minimum atomic E-state index is 0.00815. The number of amidine groups is 1. The monoisotopic (exact) mass is 492 g/mol. The lowest BCUT2D eigenvalue weighted by atomic mass is 10.1. The van der Waals surface area contributed by atoms with Gasteiger partial charge >= 0.3 is 0 Å². The molecule has 1 heterocycles. The van der Waals surface area contributed by atoms with E-state index < -0.39 is 0 Å². The first kappa shape index (κ1) is 27.4. The Morgan fingerprint density at radius 3 is 2.47 bits per heavy atom. The van der Waals surface area contributed by atoms with Gasteiger partial charge in [0.15, 0.2) is 0 Å². The number of amides is 1. The summed E-state index contributed by atoms with van der Waals surface area (Å²) in [6.07, 6.45) is 4.46. The highest BCUT2D eigenvalue weighted by molar-refractivity contribution is 5.97. The Bertz CT molecular complexity index is 1140. The van der Waals surface area contributed by atoms with Crippen molar-refractivity contribution in [3.63, 3.8) is 0 Å². The molecule has 3 aromatic rings. The van der Waals surface area contributed by atoms with E-state index in [0.717, 1.165) is 66.6 Å². The number of nitrogen functional groups attached to an aromatic ring is 1. The molecule has 3 rings (SSSR count). The summed E-state index contributed by atoms with van der Waals surface area (Å²) in [5, 5.41) is 7.58. The van der Waals surface area contributed by atoms with E-state index in [1.807, 2.05) is 54.3 Å². The molecule has 1 amide bonds. The lowest BCUT2D eigenvalue weighted by molar-refractivity contribution is 0.0758. The number of ether oxygens (including phenoxy) is 1. The zero-order valence-corrected chi connectivity index (χ0v) is 21.6. The molecule has 0 aliphatic rings. The number of imidazole rings is 1. The number of fused-ring (bicyclic) bond motifs is 1. The number of unbranched alkanes of at least 4 members (excludes halogenated alkanes) is 1. The minimum absolute atomic E-state index is 0.00815. The van der Waals surface area contributed by atoms with Crippen LogP contribution >= 0.6 is 0 Å². The molecule has 0 aliphatic heterocycles. The molecule has 1 aromatic heterocycles. The predicted octanol–water partition coefficient (Wildman–Crippen LogP) is 3.73. The summed E-state index contributed by atoms with van der Waals surface area (Å²) in [5.41, 5.74) is 15.8. The van der Waals surface area contributed by atoms with E-state index in [9.17, 15) is 4.79 Å². The van der Waals surface area contributed by atoms with Crippen molar-refractivity contribution in [3.8, 4) is 0 Å². The van der Waals surface area contributed by atoms with Crippen LogP contribution in [-0.2, 0) is 24.1 Å². The van der Waals surface area contributed by atoms with E-state index in [1.54, 1.807) is 0 Å². The zero-order valence-electron chi connectivity index (χ0n) is 21.6. The molecule has 0 saturated heterocycles. The second-order valence-corrected chi connectivity index (χ2v) is 8.98. The molecule has 0 bridgehead atoms. The molecule has 0 radical (unpaired) electrons. The molecule has 8 nitrogen and oxygen atoms in total. The molecule has 0 fully saturated rings. The van der Waals surface area contributed by atoms with Gasteiger partial charge in [0.25, 0.3) is 5.91 Å². The third-order valence-corrected chi connectivity index (χ3v) is 6.32. The van der Waals surface area contributed by atoms with Crippen LogP contribution in [0.2, 0.25) is 0 Å². The molecule has 36 heavy (non-hydrogen) atoms. The Kier molecular flexibility index (Phi) is 10.5. The van der Waals surface area contributed by atoms with Crippen LogP contribution in [-0.4, -0.2) is 59.0 Å². The van der Waals surface area contributed by atoms with Gasteiger partial charge in [0.05, 0.1) is 11.0 Å². The van der Waals surface area contributed by atoms with Gasteiger partial charge in [0.1, 0.15) is 11.7 Å². The van der Waals surface area contributed by atoms with Crippen LogP contribution in [0.25, 0.3) is 11.0 Å². The molecule has 0 unspecified atom stereocenters. The fourth-order valence-electron chi connectivity index (χ4n) is 4.33. The van der Waals surface area contributed by atoms with E-state index in [0.29, 0.717) is 38.4 Å². The molecule has 194 valence electrons. The van der Waals surface area contributed by atoms with Crippen LogP contribution in [0.1, 0.15) is 60.4 Å². The zero-order chi connectivity index (χ0) is 25.9. The first-order valence-corrected chi connectivity index (χ1v) is 13.0. The normalized spacial score (nSPS) is 11.2. The van der Waals surface area contributed by atoms with Crippen molar-refractivity contribution in [2.24, 2.45) is 11.5 Å². The van der Waals surface area contributed by atoms with E-state index in [-0.39, 0.29) is 11.7 Å². The average Bonchev–Trinajstić information content (AvgIpc) is 3.24. The van der Waals surface area contributed by atoms with Crippen LogP contribution in [0, 0.1) is 5.41 Å². The smallest absolute Gasteiger partial charge is 0.253 e. The Hall–Kier alpha value is -3.23. The maximum atomic E-state index is 13.2. The first-order chi connectivity index (χ1) is 17.5. The number of hydrogen-bond donors (Lipinski definition) is 3. The Balaban J connectivity index is 1.85. The van der Waals surface area contributed by atoms with Crippen molar-refractivity contribution in [2.45, 2.75) is 52.5 Å². The minimum Gasteiger partial charge on any atom is -0.384 e. The van der Waals surface area contributed by atoms with Gasteiger partial charge in [-0.3, -0.25) is 10.2 Å². The Labute approximate surface area is 214 Å². The third kappa shape index (κ3) is 7.15. The molecule has 0 aliphatic carbocycles. The quantitative estimate of drug-likeness (QED) is 0.169. The van der Waals surface area contributed by atoms with E-state index in [2.05, 4.69) is 11.5 Å². The summed E-state index contributed by atoms with van der Waals surface area (Å²) in [5.74, 6) is 1.07. The first-order valence-electron chi connectivity index (χ1n) is 13.0. The SMILES string of the molecule is CCCCN(CCN)C(=O)c1ccc2c(c1)nc(CCc1ccc(C(=N)N)cc1)n2CCCOCC. The lowest BCUT2D eigenvalue weighted by Crippen LogP contribution is -2.36. The number of nitrogens with zero attached hydrogens (tertiary/aromatic N) is 3. The second-order valence-electron chi connectivity index (χ2n) is 8.98. The van der Waals surface area contributed by atoms with Crippen molar-refractivity contribution < 1.29 is 9.53 Å². The molecular weight excluding hydrogens is 452 g/mol. The number of nitrogens with one attached hydrogen (secondary N) is 1. The highest BCUT2D eigenvalue weighted by Gasteiger charge is 2.18. The van der Waals surface area contributed by atoms with Crippen LogP contribution in [0.15, 0.2) is 42.5 Å². The summed E-state index contributed by atoms with van der Waals surface area (Å²) < 4.78 is 7.81. The number of nitrogens with two attached hydrogens (primary N) is 2. The van der Waals surface area contributed by atoms with Gasteiger partial charge in [-0.05, 0) is 49.9 Å². The standard InChI is InChI=1S/C28H40N6O2/c1-3-5-16-33(18-15-29)28(35)23-12-13-25-24(20-23)32-26(34(25)17-6-19-36-4-2)14-9-21-7-10-22(11-8-21)27(30)31/h7-8,10-13,20H,3-6,9,14-19,29H2,1-2H3,(H3,30,31). The van der Waals surface area contributed by atoms with E-state index in [4.69, 9.17) is 26.6 Å². The van der Waals surface area contributed by atoms with Gasteiger partial charge in [-0.25, -0.2) is 4.98 Å². The second kappa shape index (κ2) is 13.8. The van der Waals surface area contributed by atoms with Gasteiger partial charge in [-0.2, -0.15) is 0 Å². The highest BCUT2D eigenvalue weighted by Crippen LogP contribution is 2.21. The van der Waals surface area contributed by atoms with Crippen LogP contribution in [0.4, 0.5) is 0 Å². The molecule has 0 saturated carbocycles. The highest BCUT2D eigenvalue weighted by atomic mass is 16.5. The summed E-state index contributed by atoms with van der Waals surface area (Å²) in [4.78, 5) is 20.0. The number of rotatable bonds is 15. The van der Waals surface area contributed by atoms with Crippen molar-refractivity contribution >= 4 is 22.8 Å². The maximum Gasteiger partial charge on any atom is 0.253 e. The Morgan fingerprint density at radius 1 is 1.06 bits per heavy atom. The van der Waals surface area contributed by atoms with Crippen molar-refractivity contribution in [1.29, 1.82) is 5.41 Å². The number of aromatic nitrogens is 2. The van der Waals surface area contributed by atoms with Crippen LogP contribution in [0.3, 0.4) is 0 Å². The molecule has 0 spiro atoms. The Morgan fingerprint density at radius 2 is 1.81 bits per heavy atom. The molecule has 8 heteroatoms. The maximum absolute atomic E-state index is 13.2. The van der Waals surface area contributed by atoms with Gasteiger partial charge in [-0.15, -0.1) is 0 Å². The number of carbonyl (C=O) groups is 1. The molecule has 2 aromatic carbocycles. The van der Waals surface area contributed by atoms with E-state index >= 15 is 0 Å². The average molecular weight is 493 g/mol. The summed E-state index contributed by atoms with van der Waals surface area (Å²) in [7, 11) is 0. The fraction of sp³-hybridized carbons (Fsp3) is 0.464. The molecule has 5 N–H and O–H groups in total. The van der Waals surface area contributed by atoms with Crippen LogP contribution < -0.4 is 11.5 Å². The summed E-state index contributed by atoms with van der Waals surface area (Å²) in [6.45, 7) is 8.04. The number of benzene rings is 2. The number of hydrogen-bond acceptors (Lipinski definition) is 5. The van der Waals surface area contributed by atoms with Crippen molar-refractivity contribution in [2.75, 3.05) is 32.8 Å². The van der Waals surface area contributed by atoms with Crippen LogP contribution in [0.5, 0.6) is 0 Å². The largest absolute Gasteiger partial charge is 0.384 e. The third-order valence-electron chi connectivity index (χ3n) is 6.32.